The molecule has 3 heterocycles. The second kappa shape index (κ2) is 7.66. The maximum absolute atomic E-state index is 13.0. The highest BCUT2D eigenvalue weighted by atomic mass is 35.5. The van der Waals surface area contributed by atoms with Crippen molar-refractivity contribution in [1.82, 2.24) is 14.5 Å². The number of carbonyl (C=O) groups is 1. The Hall–Kier alpha value is -2.08. The van der Waals surface area contributed by atoms with E-state index in [1.54, 1.807) is 6.20 Å². The molecule has 1 aliphatic heterocycles. The largest absolute Gasteiger partial charge is 0.378 e. The van der Waals surface area contributed by atoms with Crippen LogP contribution in [-0.4, -0.2) is 46.7 Å². The smallest absolute Gasteiger partial charge is 0.257 e. The highest BCUT2D eigenvalue weighted by Crippen LogP contribution is 2.31. The lowest BCUT2D eigenvalue weighted by atomic mass is 10.1. The van der Waals surface area contributed by atoms with E-state index in [4.69, 9.17) is 16.3 Å². The van der Waals surface area contributed by atoms with Gasteiger partial charge in [-0.3, -0.25) is 9.78 Å². The summed E-state index contributed by atoms with van der Waals surface area (Å²) in [5.74, 6) is 0.000226. The van der Waals surface area contributed by atoms with Crippen LogP contribution in [0.5, 0.6) is 0 Å². The third-order valence-corrected chi connectivity index (χ3v) is 4.77. The third kappa shape index (κ3) is 3.30. The number of rotatable bonds is 2. The zero-order valence-electron chi connectivity index (χ0n) is 14.3. The number of benzene rings is 1. The van der Waals surface area contributed by atoms with Crippen LogP contribution in [0.3, 0.4) is 0 Å². The van der Waals surface area contributed by atoms with E-state index in [1.807, 2.05) is 53.0 Å². The molecular weight excluding hydrogens is 373 g/mol. The van der Waals surface area contributed by atoms with Crippen LogP contribution in [0.25, 0.3) is 22.2 Å². The van der Waals surface area contributed by atoms with Gasteiger partial charge >= 0.3 is 0 Å². The van der Waals surface area contributed by atoms with Gasteiger partial charge in [-0.25, -0.2) is 0 Å². The average Bonchev–Trinajstić information content (AvgIpc) is 3.03. The second-order valence-corrected chi connectivity index (χ2v) is 6.56. The minimum Gasteiger partial charge on any atom is -0.378 e. The zero-order chi connectivity index (χ0) is 17.4. The number of fused-ring (bicyclic) bond motifs is 1. The maximum Gasteiger partial charge on any atom is 0.257 e. The normalized spacial score (nSPS) is 14.3. The van der Waals surface area contributed by atoms with E-state index in [9.17, 15) is 4.79 Å². The molecule has 0 spiro atoms. The summed E-state index contributed by atoms with van der Waals surface area (Å²) in [6, 6.07) is 9.60. The summed E-state index contributed by atoms with van der Waals surface area (Å²) in [4.78, 5) is 19.4. The van der Waals surface area contributed by atoms with E-state index in [-0.39, 0.29) is 18.3 Å². The number of morpholine rings is 1. The molecule has 4 rings (SSSR count). The van der Waals surface area contributed by atoms with Gasteiger partial charge in [0.15, 0.2) is 0 Å². The van der Waals surface area contributed by atoms with E-state index in [1.165, 1.54) is 0 Å². The monoisotopic (exact) mass is 391 g/mol. The number of carbonyl (C=O) groups excluding carboxylic acids is 1. The summed E-state index contributed by atoms with van der Waals surface area (Å²) in [5, 5.41) is 1.61. The average molecular weight is 392 g/mol. The second-order valence-electron chi connectivity index (χ2n) is 6.12. The van der Waals surface area contributed by atoms with Gasteiger partial charge in [-0.1, -0.05) is 23.7 Å². The minimum atomic E-state index is 0. The maximum atomic E-state index is 13.0. The SMILES string of the molecule is Cl.Cn1ccc2c(-c3cccc(Cl)c3)ncc(C(=O)N3CCOCC3)c21. The molecule has 136 valence electrons. The van der Waals surface area contributed by atoms with Gasteiger partial charge in [0, 0.05) is 48.5 Å². The molecule has 0 bridgehead atoms. The summed E-state index contributed by atoms with van der Waals surface area (Å²) >= 11 is 6.13. The van der Waals surface area contributed by atoms with Crippen molar-refractivity contribution in [1.29, 1.82) is 0 Å². The van der Waals surface area contributed by atoms with Gasteiger partial charge in [0.2, 0.25) is 0 Å². The molecular formula is C19H19Cl2N3O2. The van der Waals surface area contributed by atoms with Gasteiger partial charge < -0.3 is 14.2 Å². The van der Waals surface area contributed by atoms with Gasteiger partial charge in [0.05, 0.1) is 30.0 Å². The Morgan fingerprint density at radius 3 is 2.73 bits per heavy atom. The lowest BCUT2D eigenvalue weighted by molar-refractivity contribution is 0.0303. The molecule has 1 amide bonds. The van der Waals surface area contributed by atoms with E-state index in [0.29, 0.717) is 36.9 Å². The molecule has 1 fully saturated rings. The molecule has 7 heteroatoms. The van der Waals surface area contributed by atoms with E-state index in [0.717, 1.165) is 22.2 Å². The van der Waals surface area contributed by atoms with Crippen LogP contribution in [0.1, 0.15) is 10.4 Å². The highest BCUT2D eigenvalue weighted by molar-refractivity contribution is 6.30. The number of nitrogens with zero attached hydrogens (tertiary/aromatic N) is 3. The number of hydrogen-bond donors (Lipinski definition) is 0. The van der Waals surface area contributed by atoms with Crippen molar-refractivity contribution in [2.24, 2.45) is 7.05 Å². The first-order chi connectivity index (χ1) is 12.1. The van der Waals surface area contributed by atoms with Crippen LogP contribution in [0.2, 0.25) is 5.02 Å². The quantitative estimate of drug-likeness (QED) is 0.667. The fourth-order valence-corrected chi connectivity index (χ4v) is 3.47. The van der Waals surface area contributed by atoms with Gasteiger partial charge in [0.25, 0.3) is 5.91 Å². The number of halogens is 2. The molecule has 2 aromatic heterocycles. The van der Waals surface area contributed by atoms with Crippen LogP contribution < -0.4 is 0 Å². The Bertz CT molecular complexity index is 949. The molecule has 1 aliphatic rings. The Morgan fingerprint density at radius 2 is 2.00 bits per heavy atom. The molecule has 1 saturated heterocycles. The molecule has 0 saturated carbocycles. The molecule has 5 nitrogen and oxygen atoms in total. The van der Waals surface area contributed by atoms with Gasteiger partial charge in [0.1, 0.15) is 0 Å². The molecule has 0 aliphatic carbocycles. The number of aryl methyl sites for hydroxylation is 1. The lowest BCUT2D eigenvalue weighted by Crippen LogP contribution is -2.40. The fourth-order valence-electron chi connectivity index (χ4n) is 3.27. The van der Waals surface area contributed by atoms with Crippen molar-refractivity contribution >= 4 is 40.8 Å². The number of aromatic nitrogens is 2. The van der Waals surface area contributed by atoms with Crippen LogP contribution in [0.4, 0.5) is 0 Å². The molecule has 26 heavy (non-hydrogen) atoms. The number of amides is 1. The predicted octanol–water partition coefficient (Wildman–Crippen LogP) is 3.79. The molecule has 0 radical (unpaired) electrons. The highest BCUT2D eigenvalue weighted by Gasteiger charge is 2.23. The van der Waals surface area contributed by atoms with Crippen molar-refractivity contribution < 1.29 is 9.53 Å². The number of hydrogen-bond acceptors (Lipinski definition) is 3. The summed E-state index contributed by atoms with van der Waals surface area (Å²) < 4.78 is 7.31. The summed E-state index contributed by atoms with van der Waals surface area (Å²) in [5.41, 5.74) is 3.28. The van der Waals surface area contributed by atoms with Crippen LogP contribution in [-0.2, 0) is 11.8 Å². The predicted molar refractivity (Wildman–Crippen MR) is 105 cm³/mol. The van der Waals surface area contributed by atoms with Crippen LogP contribution in [0.15, 0.2) is 42.7 Å². The van der Waals surface area contributed by atoms with Gasteiger partial charge in [-0.05, 0) is 18.2 Å². The van der Waals surface area contributed by atoms with E-state index in [2.05, 4.69) is 4.98 Å². The lowest BCUT2D eigenvalue weighted by Gasteiger charge is -2.27. The summed E-state index contributed by atoms with van der Waals surface area (Å²) in [6.07, 6.45) is 3.63. The third-order valence-electron chi connectivity index (χ3n) is 4.53. The standard InChI is InChI=1S/C19H18ClN3O2.ClH/c1-22-6-5-15-17(13-3-2-4-14(20)11-13)21-12-16(18(15)22)19(24)23-7-9-25-10-8-23;/h2-6,11-12H,7-10H2,1H3;1H. The number of pyridine rings is 1. The van der Waals surface area contributed by atoms with Crippen molar-refractivity contribution in [2.45, 2.75) is 0 Å². The van der Waals surface area contributed by atoms with E-state index >= 15 is 0 Å². The Balaban J connectivity index is 0.00000196. The molecule has 0 N–H and O–H groups in total. The Kier molecular flexibility index (Phi) is 5.51. The molecule has 1 aromatic carbocycles. The molecule has 0 atom stereocenters. The first kappa shape index (κ1) is 18.7. The first-order valence-corrected chi connectivity index (χ1v) is 8.60. The van der Waals surface area contributed by atoms with Gasteiger partial charge in [-0.15, -0.1) is 12.4 Å². The molecule has 3 aromatic rings. The fraction of sp³-hybridized carbons (Fsp3) is 0.263. The van der Waals surface area contributed by atoms with Crippen LogP contribution >= 0.6 is 24.0 Å². The topological polar surface area (TPSA) is 47.4 Å². The minimum absolute atomic E-state index is 0. The van der Waals surface area contributed by atoms with Gasteiger partial charge in [-0.2, -0.15) is 0 Å². The zero-order valence-corrected chi connectivity index (χ0v) is 15.9. The Labute approximate surface area is 162 Å². The van der Waals surface area contributed by atoms with Crippen molar-refractivity contribution in [3.63, 3.8) is 0 Å². The van der Waals surface area contributed by atoms with Crippen molar-refractivity contribution in [3.8, 4) is 11.3 Å². The summed E-state index contributed by atoms with van der Waals surface area (Å²) in [7, 11) is 1.94. The van der Waals surface area contributed by atoms with Crippen molar-refractivity contribution in [3.05, 3.63) is 53.3 Å². The van der Waals surface area contributed by atoms with E-state index < -0.39 is 0 Å². The Morgan fingerprint density at radius 1 is 1.23 bits per heavy atom. The van der Waals surface area contributed by atoms with Crippen LogP contribution in [0, 0.1) is 0 Å². The first-order valence-electron chi connectivity index (χ1n) is 8.22. The van der Waals surface area contributed by atoms with Crippen molar-refractivity contribution in [2.75, 3.05) is 26.3 Å². The summed E-state index contributed by atoms with van der Waals surface area (Å²) in [6.45, 7) is 2.38. The molecule has 0 unspecified atom stereocenters. The number of ether oxygens (including phenoxy) is 1.